The van der Waals surface area contributed by atoms with Crippen LogP contribution in [0, 0.1) is 5.92 Å². The van der Waals surface area contributed by atoms with Crippen molar-refractivity contribution in [1.82, 2.24) is 0 Å². The second kappa shape index (κ2) is 11.4. The van der Waals surface area contributed by atoms with Crippen LogP contribution in [0.4, 0.5) is 0 Å². The molecule has 8 heteroatoms. The van der Waals surface area contributed by atoms with Crippen molar-refractivity contribution in [2.75, 3.05) is 19.1 Å². The highest BCUT2D eigenvalue weighted by Crippen LogP contribution is 2.28. The van der Waals surface area contributed by atoms with Gasteiger partial charge in [-0.25, -0.2) is 16.8 Å². The Labute approximate surface area is 194 Å². The number of allylic oxidation sites excluding steroid dienone is 1. The molecule has 170 valence electrons. The third kappa shape index (κ3) is 8.52. The van der Waals surface area contributed by atoms with E-state index >= 15 is 0 Å². The molecule has 1 N–H and O–H groups in total. The number of hydrogen-bond acceptors (Lipinski definition) is 5. The summed E-state index contributed by atoms with van der Waals surface area (Å²) >= 11 is 3.19. The standard InChI is InChI=1S/C16H22O3S.C7H7BrO2S/c1-20(18,19)16-9-5-8-14(11-16)15(12-17)10-13-6-3-2-4-7-13;1-11(9,10)7-4-2-3-6(8)5-7/h5,8-11,13,17H,2-4,6-7,12H2,1H3;2-5H,1H3. The first-order valence-corrected chi connectivity index (χ1v) is 14.7. The van der Waals surface area contributed by atoms with Crippen LogP contribution in [0.2, 0.25) is 0 Å². The molecular weight excluding hydrogens is 500 g/mol. The van der Waals surface area contributed by atoms with Crippen LogP contribution in [0.5, 0.6) is 0 Å². The summed E-state index contributed by atoms with van der Waals surface area (Å²) in [6, 6.07) is 13.5. The lowest BCUT2D eigenvalue weighted by atomic mass is 9.87. The average Bonchev–Trinajstić information content (AvgIpc) is 2.72. The summed E-state index contributed by atoms with van der Waals surface area (Å²) in [5.74, 6) is 0.507. The van der Waals surface area contributed by atoms with Crippen LogP contribution in [-0.4, -0.2) is 41.1 Å². The number of aliphatic hydroxyl groups excluding tert-OH is 1. The molecule has 2 aromatic rings. The molecule has 0 aromatic heterocycles. The van der Waals surface area contributed by atoms with E-state index in [2.05, 4.69) is 22.0 Å². The molecule has 31 heavy (non-hydrogen) atoms. The molecule has 0 aliphatic heterocycles. The zero-order valence-electron chi connectivity index (χ0n) is 17.8. The number of halogens is 1. The highest BCUT2D eigenvalue weighted by Gasteiger charge is 2.14. The molecule has 0 unspecified atom stereocenters. The molecule has 0 saturated heterocycles. The summed E-state index contributed by atoms with van der Waals surface area (Å²) in [5, 5.41) is 9.59. The summed E-state index contributed by atoms with van der Waals surface area (Å²) in [7, 11) is -6.26. The lowest BCUT2D eigenvalue weighted by Crippen LogP contribution is -2.05. The Kier molecular flexibility index (Phi) is 9.48. The minimum Gasteiger partial charge on any atom is -0.392 e. The third-order valence-electron chi connectivity index (χ3n) is 5.11. The van der Waals surface area contributed by atoms with Gasteiger partial charge in [-0.05, 0) is 60.2 Å². The van der Waals surface area contributed by atoms with Crippen molar-refractivity contribution in [3.63, 3.8) is 0 Å². The molecule has 1 aliphatic carbocycles. The lowest BCUT2D eigenvalue weighted by molar-refractivity contribution is 0.347. The number of sulfone groups is 2. The fraction of sp³-hybridized carbons (Fsp3) is 0.391. The Bertz CT molecular complexity index is 1120. The van der Waals surface area contributed by atoms with E-state index in [0.717, 1.165) is 28.5 Å². The van der Waals surface area contributed by atoms with E-state index in [9.17, 15) is 21.9 Å². The summed E-state index contributed by atoms with van der Waals surface area (Å²) in [6.45, 7) is -0.0519. The number of benzene rings is 2. The van der Waals surface area contributed by atoms with E-state index < -0.39 is 19.7 Å². The van der Waals surface area contributed by atoms with Crippen LogP contribution in [-0.2, 0) is 19.7 Å². The molecule has 0 heterocycles. The van der Waals surface area contributed by atoms with Gasteiger partial charge in [0.05, 0.1) is 16.4 Å². The lowest BCUT2D eigenvalue weighted by Gasteiger charge is -2.19. The minimum absolute atomic E-state index is 0.0519. The van der Waals surface area contributed by atoms with Crippen LogP contribution >= 0.6 is 15.9 Å². The number of rotatable bonds is 5. The maximum Gasteiger partial charge on any atom is 0.175 e. The minimum atomic E-state index is -3.21. The number of aliphatic hydroxyl groups is 1. The largest absolute Gasteiger partial charge is 0.392 e. The second-order valence-electron chi connectivity index (χ2n) is 7.78. The topological polar surface area (TPSA) is 88.5 Å². The van der Waals surface area contributed by atoms with E-state index in [0.29, 0.717) is 15.7 Å². The molecule has 1 saturated carbocycles. The quantitative estimate of drug-likeness (QED) is 0.596. The Morgan fingerprint density at radius 1 is 0.935 bits per heavy atom. The maximum atomic E-state index is 11.6. The Balaban J connectivity index is 0.000000262. The molecule has 0 atom stereocenters. The van der Waals surface area contributed by atoms with Crippen LogP contribution in [0.25, 0.3) is 5.57 Å². The Hall–Kier alpha value is -1.48. The molecule has 0 spiro atoms. The van der Waals surface area contributed by atoms with E-state index in [1.807, 2.05) is 6.07 Å². The van der Waals surface area contributed by atoms with Gasteiger partial charge >= 0.3 is 0 Å². The van der Waals surface area contributed by atoms with Crippen molar-refractivity contribution in [2.24, 2.45) is 5.92 Å². The highest BCUT2D eigenvalue weighted by atomic mass is 79.9. The molecule has 1 fully saturated rings. The van der Waals surface area contributed by atoms with E-state index in [1.54, 1.807) is 42.5 Å². The molecule has 0 bridgehead atoms. The van der Waals surface area contributed by atoms with Gasteiger partial charge in [0.1, 0.15) is 0 Å². The number of hydrogen-bond donors (Lipinski definition) is 1. The van der Waals surface area contributed by atoms with Crippen molar-refractivity contribution in [2.45, 2.75) is 41.9 Å². The van der Waals surface area contributed by atoms with Crippen LogP contribution in [0.3, 0.4) is 0 Å². The van der Waals surface area contributed by atoms with Gasteiger partial charge < -0.3 is 5.11 Å². The summed E-state index contributed by atoms with van der Waals surface area (Å²) < 4.78 is 45.9. The summed E-state index contributed by atoms with van der Waals surface area (Å²) in [6.07, 6.45) is 10.6. The first kappa shape index (κ1) is 25.8. The van der Waals surface area contributed by atoms with Gasteiger partial charge in [0.2, 0.25) is 0 Å². The molecule has 3 rings (SSSR count). The van der Waals surface area contributed by atoms with Crippen molar-refractivity contribution in [1.29, 1.82) is 0 Å². The molecule has 5 nitrogen and oxygen atoms in total. The maximum absolute atomic E-state index is 11.6. The van der Waals surface area contributed by atoms with Crippen LogP contribution in [0.15, 0.2) is 68.9 Å². The summed E-state index contributed by atoms with van der Waals surface area (Å²) in [4.78, 5) is 0.643. The molecule has 1 aliphatic rings. The van der Waals surface area contributed by atoms with E-state index in [1.165, 1.54) is 31.8 Å². The first-order chi connectivity index (χ1) is 14.5. The van der Waals surface area contributed by atoms with Crippen molar-refractivity contribution in [3.8, 4) is 0 Å². The summed E-state index contributed by atoms with van der Waals surface area (Å²) in [5.41, 5.74) is 1.64. The normalized spacial score (nSPS) is 15.8. The fourth-order valence-electron chi connectivity index (χ4n) is 3.45. The average molecular weight is 530 g/mol. The predicted molar refractivity (Wildman–Crippen MR) is 128 cm³/mol. The fourth-order valence-corrected chi connectivity index (χ4v) is 5.33. The van der Waals surface area contributed by atoms with Gasteiger partial charge in [0, 0.05) is 17.0 Å². The molecule has 0 radical (unpaired) electrons. The van der Waals surface area contributed by atoms with Gasteiger partial charge in [0.15, 0.2) is 19.7 Å². The Morgan fingerprint density at radius 3 is 1.97 bits per heavy atom. The van der Waals surface area contributed by atoms with Crippen molar-refractivity contribution < 1.29 is 21.9 Å². The van der Waals surface area contributed by atoms with E-state index in [-0.39, 0.29) is 6.61 Å². The van der Waals surface area contributed by atoms with Gasteiger partial charge in [-0.3, -0.25) is 0 Å². The smallest absolute Gasteiger partial charge is 0.175 e. The zero-order chi connectivity index (χ0) is 23.1. The molecular formula is C23H29BrO5S2. The van der Waals surface area contributed by atoms with Crippen LogP contribution in [0.1, 0.15) is 37.7 Å². The monoisotopic (exact) mass is 528 g/mol. The van der Waals surface area contributed by atoms with Gasteiger partial charge in [-0.1, -0.05) is 59.5 Å². The zero-order valence-corrected chi connectivity index (χ0v) is 21.0. The van der Waals surface area contributed by atoms with Crippen molar-refractivity contribution >= 4 is 41.2 Å². The Morgan fingerprint density at radius 2 is 1.48 bits per heavy atom. The SMILES string of the molecule is CS(=O)(=O)c1cccc(Br)c1.CS(=O)(=O)c1cccc(C(=CC2CCCCC2)CO)c1. The molecule has 0 amide bonds. The van der Waals surface area contributed by atoms with Crippen LogP contribution < -0.4 is 0 Å². The molecule has 2 aromatic carbocycles. The predicted octanol–water partition coefficient (Wildman–Crippen LogP) is 4.90. The van der Waals surface area contributed by atoms with Crippen molar-refractivity contribution in [3.05, 3.63) is 64.6 Å². The highest BCUT2D eigenvalue weighted by molar-refractivity contribution is 9.10. The third-order valence-corrected chi connectivity index (χ3v) is 7.83. The van der Waals surface area contributed by atoms with Gasteiger partial charge in [0.25, 0.3) is 0 Å². The first-order valence-electron chi connectivity index (χ1n) is 10.1. The van der Waals surface area contributed by atoms with Gasteiger partial charge in [-0.2, -0.15) is 0 Å². The van der Waals surface area contributed by atoms with Gasteiger partial charge in [-0.15, -0.1) is 0 Å². The second-order valence-corrected chi connectivity index (χ2v) is 12.7. The van der Waals surface area contributed by atoms with E-state index in [4.69, 9.17) is 0 Å².